The van der Waals surface area contributed by atoms with E-state index in [4.69, 9.17) is 20.3 Å². The van der Waals surface area contributed by atoms with Crippen LogP contribution in [0.1, 0.15) is 5.56 Å². The Hall–Kier alpha value is -1.02. The molecule has 1 aliphatic heterocycles. The third-order valence-electron chi connectivity index (χ3n) is 3.19. The summed E-state index contributed by atoms with van der Waals surface area (Å²) in [7, 11) is 0. The van der Waals surface area contributed by atoms with Crippen molar-refractivity contribution >= 4 is 0 Å². The van der Waals surface area contributed by atoms with Gasteiger partial charge in [-0.2, -0.15) is 0 Å². The molecule has 5 atom stereocenters. The maximum atomic E-state index is 9.88. The lowest BCUT2D eigenvalue weighted by Gasteiger charge is -2.40. The lowest BCUT2D eigenvalue weighted by atomic mass is 9.97. The Bertz CT molecular complexity index is 386. The van der Waals surface area contributed by atoms with E-state index in [1.807, 2.05) is 30.3 Å². The molecule has 6 heteroatoms. The molecule has 1 aliphatic rings. The lowest BCUT2D eigenvalue weighted by molar-refractivity contribution is -0.279. The number of hydrogen-bond acceptors (Lipinski definition) is 6. The van der Waals surface area contributed by atoms with Gasteiger partial charge in [-0.3, -0.25) is 0 Å². The van der Waals surface area contributed by atoms with Gasteiger partial charge in [0.2, 0.25) is 0 Å². The van der Waals surface area contributed by atoms with Gasteiger partial charge in [0, 0.05) is 0 Å². The Kier molecular flexibility index (Phi) is 4.87. The van der Waals surface area contributed by atoms with Crippen LogP contribution in [-0.4, -0.2) is 52.6 Å². The minimum atomic E-state index is -1.14. The second-order valence-electron chi connectivity index (χ2n) is 4.58. The first-order chi connectivity index (χ1) is 9.13. The van der Waals surface area contributed by atoms with Crippen LogP contribution in [0, 0.1) is 0 Å². The Morgan fingerprint density at radius 3 is 2.47 bits per heavy atom. The van der Waals surface area contributed by atoms with Crippen molar-refractivity contribution in [3.05, 3.63) is 35.9 Å². The molecular weight excluding hydrogens is 250 g/mol. The van der Waals surface area contributed by atoms with E-state index in [1.54, 1.807) is 0 Å². The molecule has 0 radical (unpaired) electrons. The fraction of sp³-hybridized carbons (Fsp3) is 0.538. The Labute approximate surface area is 111 Å². The maximum absolute atomic E-state index is 9.88. The van der Waals surface area contributed by atoms with Crippen molar-refractivity contribution in [3.63, 3.8) is 0 Å². The average molecular weight is 269 g/mol. The standard InChI is InChI=1S/C13H19NO5/c14-10-11(16)9(6-15)19-13(12(10)17)18-7-8-4-2-1-3-5-8/h1-5,9-13,15-17H,6-7,14H2/t9-,10+,11-,12-,13+/m1/s1. The molecule has 5 N–H and O–H groups in total. The molecule has 6 nitrogen and oxygen atoms in total. The summed E-state index contributed by atoms with van der Waals surface area (Å²) in [6.07, 6.45) is -4.06. The normalized spacial score (nSPS) is 35.3. The molecule has 1 heterocycles. The Morgan fingerprint density at radius 1 is 1.16 bits per heavy atom. The van der Waals surface area contributed by atoms with Gasteiger partial charge in [-0.05, 0) is 5.56 Å². The number of rotatable bonds is 4. The van der Waals surface area contributed by atoms with E-state index in [0.29, 0.717) is 0 Å². The second kappa shape index (κ2) is 6.42. The molecule has 0 bridgehead atoms. The monoisotopic (exact) mass is 269 g/mol. The number of ether oxygens (including phenoxy) is 2. The zero-order valence-electron chi connectivity index (χ0n) is 10.4. The summed E-state index contributed by atoms with van der Waals surface area (Å²) in [6, 6.07) is 8.50. The van der Waals surface area contributed by atoms with Gasteiger partial charge in [0.1, 0.15) is 18.3 Å². The largest absolute Gasteiger partial charge is 0.394 e. The van der Waals surface area contributed by atoms with E-state index in [-0.39, 0.29) is 13.2 Å². The molecule has 0 aliphatic carbocycles. The first-order valence-corrected chi connectivity index (χ1v) is 6.17. The summed E-state index contributed by atoms with van der Waals surface area (Å²) in [5, 5.41) is 28.7. The van der Waals surface area contributed by atoms with Crippen LogP contribution in [0.25, 0.3) is 0 Å². The van der Waals surface area contributed by atoms with Gasteiger partial charge in [-0.1, -0.05) is 30.3 Å². The fourth-order valence-corrected chi connectivity index (χ4v) is 2.01. The highest BCUT2D eigenvalue weighted by atomic mass is 16.7. The molecule has 1 fully saturated rings. The average Bonchev–Trinajstić information content (AvgIpc) is 2.45. The fourth-order valence-electron chi connectivity index (χ4n) is 2.01. The van der Waals surface area contributed by atoms with Crippen LogP contribution in [-0.2, 0) is 16.1 Å². The number of aliphatic hydroxyl groups is 3. The van der Waals surface area contributed by atoms with Crippen molar-refractivity contribution in [3.8, 4) is 0 Å². The maximum Gasteiger partial charge on any atom is 0.186 e. The van der Waals surface area contributed by atoms with Gasteiger partial charge in [0.15, 0.2) is 6.29 Å². The number of nitrogens with two attached hydrogens (primary N) is 1. The summed E-state index contributed by atoms with van der Waals surface area (Å²) in [6.45, 7) is -0.129. The first-order valence-electron chi connectivity index (χ1n) is 6.17. The van der Waals surface area contributed by atoms with Crippen LogP contribution in [0.15, 0.2) is 30.3 Å². The summed E-state index contributed by atoms with van der Waals surface area (Å²) >= 11 is 0. The van der Waals surface area contributed by atoms with Crippen LogP contribution in [0.3, 0.4) is 0 Å². The molecule has 2 rings (SSSR count). The summed E-state index contributed by atoms with van der Waals surface area (Å²) < 4.78 is 10.8. The molecule has 0 spiro atoms. The molecule has 0 saturated carbocycles. The highest BCUT2D eigenvalue weighted by molar-refractivity contribution is 5.13. The quantitative estimate of drug-likeness (QED) is 0.557. The van der Waals surface area contributed by atoms with E-state index in [9.17, 15) is 10.2 Å². The molecule has 1 aromatic carbocycles. The van der Waals surface area contributed by atoms with Gasteiger partial charge < -0.3 is 30.5 Å². The molecule has 0 unspecified atom stereocenters. The van der Waals surface area contributed by atoms with Crippen molar-refractivity contribution in [2.45, 2.75) is 37.3 Å². The zero-order chi connectivity index (χ0) is 13.8. The Balaban J connectivity index is 1.95. The highest BCUT2D eigenvalue weighted by Gasteiger charge is 2.42. The second-order valence-corrected chi connectivity index (χ2v) is 4.58. The molecule has 106 valence electrons. The molecule has 0 amide bonds. The third kappa shape index (κ3) is 3.30. The van der Waals surface area contributed by atoms with Crippen LogP contribution in [0.2, 0.25) is 0 Å². The van der Waals surface area contributed by atoms with Crippen LogP contribution in [0.5, 0.6) is 0 Å². The number of hydrogen-bond donors (Lipinski definition) is 4. The van der Waals surface area contributed by atoms with E-state index in [2.05, 4.69) is 0 Å². The molecular formula is C13H19NO5. The van der Waals surface area contributed by atoms with Crippen LogP contribution < -0.4 is 5.73 Å². The SMILES string of the molecule is N[C@@H]1[C@@H](O)[C@@H](OCc2ccccc2)O[C@H](CO)[C@H]1O. The predicted octanol–water partition coefficient (Wildman–Crippen LogP) is -1.03. The van der Waals surface area contributed by atoms with Crippen LogP contribution >= 0.6 is 0 Å². The van der Waals surface area contributed by atoms with Crippen LogP contribution in [0.4, 0.5) is 0 Å². The third-order valence-corrected chi connectivity index (χ3v) is 3.19. The topological polar surface area (TPSA) is 105 Å². The van der Waals surface area contributed by atoms with E-state index < -0.39 is 30.6 Å². The summed E-state index contributed by atoms with van der Waals surface area (Å²) in [4.78, 5) is 0. The molecule has 0 aromatic heterocycles. The minimum absolute atomic E-state index is 0.254. The van der Waals surface area contributed by atoms with Gasteiger partial charge in [0.05, 0.1) is 19.3 Å². The highest BCUT2D eigenvalue weighted by Crippen LogP contribution is 2.21. The minimum Gasteiger partial charge on any atom is -0.394 e. The van der Waals surface area contributed by atoms with Crippen molar-refractivity contribution in [1.82, 2.24) is 0 Å². The number of aliphatic hydroxyl groups excluding tert-OH is 3. The van der Waals surface area contributed by atoms with Crippen molar-refractivity contribution in [2.75, 3.05) is 6.61 Å². The van der Waals surface area contributed by atoms with Gasteiger partial charge in [0.25, 0.3) is 0 Å². The molecule has 19 heavy (non-hydrogen) atoms. The molecule has 1 saturated heterocycles. The van der Waals surface area contributed by atoms with E-state index in [1.165, 1.54) is 0 Å². The van der Waals surface area contributed by atoms with Crippen molar-refractivity contribution < 1.29 is 24.8 Å². The lowest BCUT2D eigenvalue weighted by Crippen LogP contribution is -2.62. The first kappa shape index (κ1) is 14.4. The molecule has 1 aromatic rings. The Morgan fingerprint density at radius 2 is 1.84 bits per heavy atom. The van der Waals surface area contributed by atoms with E-state index >= 15 is 0 Å². The summed E-state index contributed by atoms with van der Waals surface area (Å²) in [5.74, 6) is 0. The smallest absolute Gasteiger partial charge is 0.186 e. The number of benzene rings is 1. The van der Waals surface area contributed by atoms with Crippen molar-refractivity contribution in [2.24, 2.45) is 5.73 Å². The zero-order valence-corrected chi connectivity index (χ0v) is 10.4. The van der Waals surface area contributed by atoms with Crippen molar-refractivity contribution in [1.29, 1.82) is 0 Å². The van der Waals surface area contributed by atoms with Gasteiger partial charge >= 0.3 is 0 Å². The summed E-state index contributed by atoms with van der Waals surface area (Å²) in [5.41, 5.74) is 6.61. The van der Waals surface area contributed by atoms with E-state index in [0.717, 1.165) is 5.56 Å². The van der Waals surface area contributed by atoms with Gasteiger partial charge in [-0.15, -0.1) is 0 Å². The predicted molar refractivity (Wildman–Crippen MR) is 67.0 cm³/mol. The van der Waals surface area contributed by atoms with Gasteiger partial charge in [-0.25, -0.2) is 0 Å².